The Labute approximate surface area is 102 Å². The molecule has 1 rings (SSSR count). The third-order valence-corrected chi connectivity index (χ3v) is 2.10. The van der Waals surface area contributed by atoms with Crippen molar-refractivity contribution in [2.75, 3.05) is 44.5 Å². The van der Waals surface area contributed by atoms with Crippen LogP contribution in [0, 0.1) is 0 Å². The molecule has 1 aromatic rings. The van der Waals surface area contributed by atoms with Crippen LogP contribution in [0.25, 0.3) is 0 Å². The van der Waals surface area contributed by atoms with Crippen LogP contribution in [0.5, 0.6) is 5.75 Å². The van der Waals surface area contributed by atoms with Crippen molar-refractivity contribution < 1.29 is 14.2 Å². The minimum absolute atomic E-state index is 0.444. The van der Waals surface area contributed by atoms with Crippen LogP contribution < -0.4 is 16.2 Å². The van der Waals surface area contributed by atoms with Gasteiger partial charge in [-0.05, 0) is 19.1 Å². The zero-order valence-electron chi connectivity index (χ0n) is 10.1. The van der Waals surface area contributed by atoms with E-state index in [4.69, 9.17) is 25.7 Å². The fourth-order valence-electron chi connectivity index (χ4n) is 1.25. The summed E-state index contributed by atoms with van der Waals surface area (Å²) in [5.74, 6) is 0.596. The highest BCUT2D eigenvalue weighted by Gasteiger charge is 2.00. The lowest BCUT2D eigenvalue weighted by atomic mass is 10.2. The maximum Gasteiger partial charge on any atom is 0.144 e. The highest BCUT2D eigenvalue weighted by atomic mass is 16.5. The van der Waals surface area contributed by atoms with E-state index in [0.717, 1.165) is 0 Å². The number of anilines is 2. The number of nitrogen functional groups attached to an aromatic ring is 2. The summed E-state index contributed by atoms with van der Waals surface area (Å²) >= 11 is 0. The summed E-state index contributed by atoms with van der Waals surface area (Å²) in [6.07, 6.45) is 0. The third-order valence-electron chi connectivity index (χ3n) is 2.10. The quantitative estimate of drug-likeness (QED) is 0.528. The molecule has 5 nitrogen and oxygen atoms in total. The molecule has 0 aliphatic heterocycles. The maximum absolute atomic E-state index is 5.73. The Morgan fingerprint density at radius 2 is 1.71 bits per heavy atom. The first-order chi connectivity index (χ1) is 8.24. The molecule has 0 saturated carbocycles. The van der Waals surface area contributed by atoms with E-state index in [9.17, 15) is 0 Å². The first-order valence-corrected chi connectivity index (χ1v) is 5.67. The molecule has 0 amide bonds. The fraction of sp³-hybridized carbons (Fsp3) is 0.500. The molecule has 1 aromatic carbocycles. The van der Waals surface area contributed by atoms with Gasteiger partial charge in [-0.2, -0.15) is 0 Å². The minimum atomic E-state index is 0.444. The number of hydrogen-bond acceptors (Lipinski definition) is 5. The number of ether oxygens (including phenoxy) is 3. The predicted molar refractivity (Wildman–Crippen MR) is 68.1 cm³/mol. The molecule has 0 aliphatic rings. The average molecular weight is 240 g/mol. The highest BCUT2D eigenvalue weighted by molar-refractivity contribution is 5.59. The van der Waals surface area contributed by atoms with Crippen molar-refractivity contribution in [3.8, 4) is 5.75 Å². The second-order valence-corrected chi connectivity index (χ2v) is 3.46. The summed E-state index contributed by atoms with van der Waals surface area (Å²) in [6.45, 7) is 4.78. The standard InChI is InChI=1S/C12H20N2O3/c1-2-15-5-6-16-7-8-17-12-9-10(13)3-4-11(12)14/h3-4,9H,2,5-8,13-14H2,1H3. The summed E-state index contributed by atoms with van der Waals surface area (Å²) in [7, 11) is 0. The van der Waals surface area contributed by atoms with Crippen LogP contribution in [0.15, 0.2) is 18.2 Å². The van der Waals surface area contributed by atoms with Crippen molar-refractivity contribution in [1.29, 1.82) is 0 Å². The van der Waals surface area contributed by atoms with Gasteiger partial charge in [-0.15, -0.1) is 0 Å². The Hall–Kier alpha value is -1.46. The number of benzene rings is 1. The number of hydrogen-bond donors (Lipinski definition) is 2. The topological polar surface area (TPSA) is 79.7 Å². The van der Waals surface area contributed by atoms with Crippen LogP contribution >= 0.6 is 0 Å². The van der Waals surface area contributed by atoms with E-state index >= 15 is 0 Å². The van der Waals surface area contributed by atoms with E-state index in [1.807, 2.05) is 6.92 Å². The summed E-state index contributed by atoms with van der Waals surface area (Å²) in [4.78, 5) is 0. The van der Waals surface area contributed by atoms with Gasteiger partial charge >= 0.3 is 0 Å². The lowest BCUT2D eigenvalue weighted by Gasteiger charge is -2.09. The fourth-order valence-corrected chi connectivity index (χ4v) is 1.25. The van der Waals surface area contributed by atoms with Crippen LogP contribution in [-0.2, 0) is 9.47 Å². The number of nitrogens with two attached hydrogens (primary N) is 2. The molecular weight excluding hydrogens is 220 g/mol. The molecule has 0 spiro atoms. The Morgan fingerprint density at radius 3 is 2.47 bits per heavy atom. The van der Waals surface area contributed by atoms with E-state index in [1.165, 1.54) is 0 Å². The van der Waals surface area contributed by atoms with Gasteiger partial charge in [-0.3, -0.25) is 0 Å². The van der Waals surface area contributed by atoms with E-state index in [0.29, 0.717) is 50.2 Å². The smallest absolute Gasteiger partial charge is 0.144 e. The molecule has 0 saturated heterocycles. The third kappa shape index (κ3) is 5.42. The van der Waals surface area contributed by atoms with Crippen molar-refractivity contribution in [2.45, 2.75) is 6.92 Å². The van der Waals surface area contributed by atoms with Gasteiger partial charge < -0.3 is 25.7 Å². The van der Waals surface area contributed by atoms with Crippen LogP contribution in [0.4, 0.5) is 11.4 Å². The van der Waals surface area contributed by atoms with Crippen molar-refractivity contribution in [3.63, 3.8) is 0 Å². The molecule has 96 valence electrons. The van der Waals surface area contributed by atoms with E-state index in [2.05, 4.69) is 0 Å². The van der Waals surface area contributed by atoms with Crippen molar-refractivity contribution in [1.82, 2.24) is 0 Å². The summed E-state index contributed by atoms with van der Waals surface area (Å²) in [6, 6.07) is 5.16. The lowest BCUT2D eigenvalue weighted by molar-refractivity contribution is 0.0406. The van der Waals surface area contributed by atoms with Crippen LogP contribution in [0.3, 0.4) is 0 Å². The molecule has 0 aliphatic carbocycles. The summed E-state index contributed by atoms with van der Waals surface area (Å²) in [5.41, 5.74) is 12.6. The van der Waals surface area contributed by atoms with Crippen LogP contribution in [-0.4, -0.2) is 33.0 Å². The molecule has 5 heteroatoms. The zero-order chi connectivity index (χ0) is 12.5. The first kappa shape index (κ1) is 13.6. The van der Waals surface area contributed by atoms with E-state index < -0.39 is 0 Å². The molecule has 0 heterocycles. The monoisotopic (exact) mass is 240 g/mol. The van der Waals surface area contributed by atoms with Gasteiger partial charge in [0, 0.05) is 18.4 Å². The molecule has 0 fully saturated rings. The minimum Gasteiger partial charge on any atom is -0.489 e. The normalized spacial score (nSPS) is 10.4. The molecule has 0 atom stereocenters. The van der Waals surface area contributed by atoms with Gasteiger partial charge in [-0.1, -0.05) is 0 Å². The number of rotatable bonds is 8. The van der Waals surface area contributed by atoms with Crippen molar-refractivity contribution in [3.05, 3.63) is 18.2 Å². The Bertz CT molecular complexity index is 332. The molecule has 17 heavy (non-hydrogen) atoms. The van der Waals surface area contributed by atoms with Crippen molar-refractivity contribution >= 4 is 11.4 Å². The second-order valence-electron chi connectivity index (χ2n) is 3.46. The van der Waals surface area contributed by atoms with Crippen LogP contribution in [0.2, 0.25) is 0 Å². The molecule has 0 unspecified atom stereocenters. The summed E-state index contributed by atoms with van der Waals surface area (Å²) in [5, 5.41) is 0. The van der Waals surface area contributed by atoms with E-state index in [-0.39, 0.29) is 0 Å². The lowest BCUT2D eigenvalue weighted by Crippen LogP contribution is -2.11. The predicted octanol–water partition coefficient (Wildman–Crippen LogP) is 1.28. The van der Waals surface area contributed by atoms with Gasteiger partial charge in [0.2, 0.25) is 0 Å². The molecule has 0 aromatic heterocycles. The maximum atomic E-state index is 5.73. The van der Waals surface area contributed by atoms with Gasteiger partial charge in [0.15, 0.2) is 0 Å². The second kappa shape index (κ2) is 7.76. The molecule has 4 N–H and O–H groups in total. The zero-order valence-corrected chi connectivity index (χ0v) is 10.1. The molecule has 0 bridgehead atoms. The molecule has 0 radical (unpaired) electrons. The van der Waals surface area contributed by atoms with Gasteiger partial charge in [-0.25, -0.2) is 0 Å². The van der Waals surface area contributed by atoms with Gasteiger partial charge in [0.05, 0.1) is 25.5 Å². The first-order valence-electron chi connectivity index (χ1n) is 5.67. The Morgan fingerprint density at radius 1 is 1.00 bits per heavy atom. The van der Waals surface area contributed by atoms with Crippen LogP contribution in [0.1, 0.15) is 6.92 Å². The Kier molecular flexibility index (Phi) is 6.21. The average Bonchev–Trinajstić information content (AvgIpc) is 2.32. The largest absolute Gasteiger partial charge is 0.489 e. The Balaban J connectivity index is 2.15. The van der Waals surface area contributed by atoms with Gasteiger partial charge in [0.1, 0.15) is 12.4 Å². The molecular formula is C12H20N2O3. The SMILES string of the molecule is CCOCCOCCOc1cc(N)ccc1N. The van der Waals surface area contributed by atoms with Gasteiger partial charge in [0.25, 0.3) is 0 Å². The summed E-state index contributed by atoms with van der Waals surface area (Å²) < 4.78 is 15.9. The van der Waals surface area contributed by atoms with Crippen molar-refractivity contribution in [2.24, 2.45) is 0 Å². The highest BCUT2D eigenvalue weighted by Crippen LogP contribution is 2.23. The van der Waals surface area contributed by atoms with E-state index in [1.54, 1.807) is 18.2 Å².